The molecule has 0 saturated heterocycles. The highest BCUT2D eigenvalue weighted by Crippen LogP contribution is 2.40. The van der Waals surface area contributed by atoms with Gasteiger partial charge in [0.15, 0.2) is 5.17 Å². The maximum Gasteiger partial charge on any atom is 0.338 e. The predicted octanol–water partition coefficient (Wildman–Crippen LogP) is 2.66. The molecule has 19 heavy (non-hydrogen) atoms. The molecule has 98 valence electrons. The molecule has 2 aliphatic rings. The number of methoxy groups -OCH3 is 1. The summed E-state index contributed by atoms with van der Waals surface area (Å²) in [6.07, 6.45) is 3.49. The molecular weight excluding hydrogens is 264 g/mol. The molecule has 0 fully saturated rings. The fraction of sp³-hybridized carbons (Fsp3) is 0.231. The van der Waals surface area contributed by atoms with Crippen molar-refractivity contribution in [3.05, 3.63) is 47.0 Å². The number of thioether (sulfide) groups is 1. The average molecular weight is 276 g/mol. The first-order valence-electron chi connectivity index (χ1n) is 5.75. The number of nitrogens with zero attached hydrogens (tertiary/aromatic N) is 2. The molecular formula is C13H12N2O3S. The molecule has 6 heteroatoms. The van der Waals surface area contributed by atoms with E-state index >= 15 is 0 Å². The number of allylic oxidation sites excluding steroid dienone is 1. The number of amidine groups is 1. The Bertz CT molecular complexity index is 601. The zero-order valence-electron chi connectivity index (χ0n) is 10.5. The first-order chi connectivity index (χ1) is 9.22. The van der Waals surface area contributed by atoms with Crippen molar-refractivity contribution in [3.63, 3.8) is 0 Å². The van der Waals surface area contributed by atoms with Gasteiger partial charge in [0.2, 0.25) is 0 Å². The number of aliphatic imine (C=N–C) groups is 1. The minimum Gasteiger partial charge on any atom is -0.467 e. The Morgan fingerprint density at radius 1 is 1.58 bits per heavy atom. The van der Waals surface area contributed by atoms with Gasteiger partial charge in [0.05, 0.1) is 24.6 Å². The number of hydrogen-bond acceptors (Lipinski definition) is 6. The molecule has 0 aliphatic carbocycles. The van der Waals surface area contributed by atoms with Crippen molar-refractivity contribution in [2.75, 3.05) is 7.11 Å². The Kier molecular flexibility index (Phi) is 2.94. The van der Waals surface area contributed by atoms with E-state index in [-0.39, 0.29) is 12.0 Å². The van der Waals surface area contributed by atoms with E-state index < -0.39 is 0 Å². The van der Waals surface area contributed by atoms with Crippen molar-refractivity contribution in [1.29, 1.82) is 0 Å². The van der Waals surface area contributed by atoms with Crippen LogP contribution in [-0.2, 0) is 9.53 Å². The van der Waals surface area contributed by atoms with E-state index in [1.165, 1.54) is 18.9 Å². The second kappa shape index (κ2) is 4.62. The molecule has 0 unspecified atom stereocenters. The molecule has 0 aromatic carbocycles. The molecule has 1 atom stereocenters. The van der Waals surface area contributed by atoms with Gasteiger partial charge in [-0.25, -0.2) is 9.79 Å². The molecule has 0 N–H and O–H groups in total. The lowest BCUT2D eigenvalue weighted by Crippen LogP contribution is -2.33. The highest BCUT2D eigenvalue weighted by Gasteiger charge is 2.38. The molecule has 0 saturated carbocycles. The Hall–Kier alpha value is -1.95. The molecule has 1 aromatic heterocycles. The smallest absolute Gasteiger partial charge is 0.338 e. The molecule has 0 amide bonds. The topological polar surface area (TPSA) is 55.0 Å². The fourth-order valence-corrected chi connectivity index (χ4v) is 2.99. The number of rotatable bonds is 2. The van der Waals surface area contributed by atoms with E-state index in [9.17, 15) is 4.79 Å². The van der Waals surface area contributed by atoms with Crippen molar-refractivity contribution >= 4 is 22.9 Å². The highest BCUT2D eigenvalue weighted by molar-refractivity contribution is 8.16. The summed E-state index contributed by atoms with van der Waals surface area (Å²) in [6, 6.07) is 3.33. The van der Waals surface area contributed by atoms with Gasteiger partial charge >= 0.3 is 5.97 Å². The third kappa shape index (κ3) is 1.88. The highest BCUT2D eigenvalue weighted by atomic mass is 32.2. The molecule has 0 bridgehead atoms. The summed E-state index contributed by atoms with van der Waals surface area (Å²) >= 11 is 1.52. The third-order valence-corrected chi connectivity index (χ3v) is 3.81. The Labute approximate surface area is 114 Å². The van der Waals surface area contributed by atoms with E-state index in [0.717, 1.165) is 5.17 Å². The SMILES string of the molecule is COC(=O)C1=C(C)N=C2SC=CN2[C@H]1c1ccco1. The van der Waals surface area contributed by atoms with Crippen LogP contribution in [-0.4, -0.2) is 23.1 Å². The Morgan fingerprint density at radius 2 is 2.42 bits per heavy atom. The van der Waals surface area contributed by atoms with Gasteiger partial charge in [-0.2, -0.15) is 0 Å². The van der Waals surface area contributed by atoms with Crippen LogP contribution in [0.1, 0.15) is 18.7 Å². The number of fused-ring (bicyclic) bond motifs is 1. The van der Waals surface area contributed by atoms with Crippen LogP contribution in [0.4, 0.5) is 0 Å². The van der Waals surface area contributed by atoms with Gasteiger partial charge in [-0.15, -0.1) is 0 Å². The quantitative estimate of drug-likeness (QED) is 0.777. The van der Waals surface area contributed by atoms with Crippen LogP contribution in [0, 0.1) is 0 Å². The monoisotopic (exact) mass is 276 g/mol. The van der Waals surface area contributed by atoms with Crippen LogP contribution in [0.25, 0.3) is 0 Å². The molecule has 2 aliphatic heterocycles. The molecule has 5 nitrogen and oxygen atoms in total. The van der Waals surface area contributed by atoms with E-state index in [1.807, 2.05) is 29.5 Å². The second-order valence-electron chi connectivity index (χ2n) is 4.11. The van der Waals surface area contributed by atoms with Crippen molar-refractivity contribution < 1.29 is 13.9 Å². The van der Waals surface area contributed by atoms with Crippen LogP contribution in [0.15, 0.2) is 50.7 Å². The van der Waals surface area contributed by atoms with E-state index in [4.69, 9.17) is 9.15 Å². The van der Waals surface area contributed by atoms with Crippen LogP contribution in [0.5, 0.6) is 0 Å². The van der Waals surface area contributed by atoms with Crippen LogP contribution >= 0.6 is 11.8 Å². The standard InChI is InChI=1S/C13H12N2O3S/c1-8-10(12(16)17-2)11(9-4-3-6-18-9)15-5-7-19-13(15)14-8/h3-7,11H,1-2H3/t11-/m0/s1. The number of hydrogen-bond donors (Lipinski definition) is 0. The lowest BCUT2D eigenvalue weighted by atomic mass is 10.0. The number of furan rings is 1. The molecule has 3 rings (SSSR count). The van der Waals surface area contributed by atoms with Gasteiger partial charge in [0.25, 0.3) is 0 Å². The molecule has 0 radical (unpaired) electrons. The zero-order valence-corrected chi connectivity index (χ0v) is 11.3. The van der Waals surface area contributed by atoms with E-state index in [2.05, 4.69) is 4.99 Å². The first-order valence-corrected chi connectivity index (χ1v) is 6.63. The number of carbonyl (C=O) groups is 1. The van der Waals surface area contributed by atoms with Gasteiger partial charge in [-0.3, -0.25) is 0 Å². The van der Waals surface area contributed by atoms with Crippen molar-refractivity contribution in [2.24, 2.45) is 4.99 Å². The zero-order chi connectivity index (χ0) is 13.4. The Morgan fingerprint density at radius 3 is 3.11 bits per heavy atom. The average Bonchev–Trinajstić information content (AvgIpc) is 3.06. The number of esters is 1. The van der Waals surface area contributed by atoms with Gasteiger partial charge in [0, 0.05) is 6.20 Å². The van der Waals surface area contributed by atoms with Crippen LogP contribution in [0.2, 0.25) is 0 Å². The van der Waals surface area contributed by atoms with Gasteiger partial charge < -0.3 is 14.1 Å². The summed E-state index contributed by atoms with van der Waals surface area (Å²) in [5.41, 5.74) is 1.17. The minimum absolute atomic E-state index is 0.318. The third-order valence-electron chi connectivity index (χ3n) is 3.04. The summed E-state index contributed by atoms with van der Waals surface area (Å²) < 4.78 is 10.3. The summed E-state index contributed by atoms with van der Waals surface area (Å²) in [7, 11) is 1.37. The minimum atomic E-state index is -0.382. The van der Waals surface area contributed by atoms with Crippen LogP contribution in [0.3, 0.4) is 0 Å². The van der Waals surface area contributed by atoms with Gasteiger partial charge in [-0.05, 0) is 24.5 Å². The van der Waals surface area contributed by atoms with Crippen molar-refractivity contribution in [1.82, 2.24) is 4.90 Å². The van der Waals surface area contributed by atoms with Crippen LogP contribution < -0.4 is 0 Å². The summed E-state index contributed by atoms with van der Waals surface area (Å²) in [5, 5.41) is 2.77. The first kappa shape index (κ1) is 12.1. The number of ether oxygens (including phenoxy) is 1. The fourth-order valence-electron chi connectivity index (χ4n) is 2.20. The normalized spacial score (nSPS) is 21.5. The van der Waals surface area contributed by atoms with E-state index in [1.54, 1.807) is 12.3 Å². The van der Waals surface area contributed by atoms with E-state index in [0.29, 0.717) is 17.0 Å². The van der Waals surface area contributed by atoms with Gasteiger partial charge in [-0.1, -0.05) is 11.8 Å². The summed E-state index contributed by atoms with van der Waals surface area (Å²) in [4.78, 5) is 18.4. The maximum atomic E-state index is 12.0. The largest absolute Gasteiger partial charge is 0.467 e. The lowest BCUT2D eigenvalue weighted by Gasteiger charge is -2.31. The maximum absolute atomic E-state index is 12.0. The van der Waals surface area contributed by atoms with Crippen molar-refractivity contribution in [3.8, 4) is 0 Å². The summed E-state index contributed by atoms with van der Waals surface area (Å²) in [5.74, 6) is 0.311. The molecule has 1 aromatic rings. The molecule has 3 heterocycles. The van der Waals surface area contributed by atoms with Crippen molar-refractivity contribution in [2.45, 2.75) is 13.0 Å². The Balaban J connectivity index is 2.13. The molecule has 0 spiro atoms. The van der Waals surface area contributed by atoms with Gasteiger partial charge in [0.1, 0.15) is 11.8 Å². The lowest BCUT2D eigenvalue weighted by molar-refractivity contribution is -0.136. The summed E-state index contributed by atoms with van der Waals surface area (Å²) in [6.45, 7) is 1.81. The second-order valence-corrected chi connectivity index (χ2v) is 4.99. The number of carbonyl (C=O) groups excluding carboxylic acids is 1. The predicted molar refractivity (Wildman–Crippen MR) is 72.2 cm³/mol.